The van der Waals surface area contributed by atoms with E-state index in [4.69, 9.17) is 0 Å². The number of unbranched alkanes of at least 4 members (excludes halogenated alkanes) is 1. The van der Waals surface area contributed by atoms with E-state index in [1.54, 1.807) is 0 Å². The molecule has 1 radical (unpaired) electrons. The molecule has 37 valence electrons. The maximum Gasteiger partial charge on any atom is 1.00 e. The van der Waals surface area contributed by atoms with Gasteiger partial charge in [0.2, 0.25) is 0 Å². The average Bonchev–Trinajstić information content (AvgIpc) is 1.41. The molecule has 0 atom stereocenters. The topological polar surface area (TPSA) is 17.1 Å². The van der Waals surface area contributed by atoms with Crippen LogP contribution in [0.25, 0.3) is 0 Å². The van der Waals surface area contributed by atoms with Crippen molar-refractivity contribution in [1.29, 1.82) is 0 Å². The van der Waals surface area contributed by atoms with Gasteiger partial charge in [0.1, 0.15) is 6.29 Å². The minimum atomic E-state index is 0. The molecule has 0 aromatic carbocycles. The summed E-state index contributed by atoms with van der Waals surface area (Å²) < 4.78 is 0. The first-order valence-electron chi connectivity index (χ1n) is 1.85. The summed E-state index contributed by atoms with van der Waals surface area (Å²) in [6.07, 6.45) is 2.61. The minimum Gasteiger partial charge on any atom is -1.00 e. The largest absolute Gasteiger partial charge is 1.00 e. The van der Waals surface area contributed by atoms with Gasteiger partial charge in [-0.3, -0.25) is 0 Å². The van der Waals surface area contributed by atoms with E-state index in [0.29, 0.717) is 6.42 Å². The molecule has 7 heavy (non-hydrogen) atoms. The van der Waals surface area contributed by atoms with Crippen LogP contribution in [-0.4, -0.2) is 6.29 Å². The number of aldehydes is 1. The van der Waals surface area contributed by atoms with Crippen LogP contribution in [0.15, 0.2) is 0 Å². The fraction of sp³-hybridized carbons (Fsp3) is 0.750. The summed E-state index contributed by atoms with van der Waals surface area (Å²) in [4.78, 5) is 9.40. The molecule has 0 aliphatic carbocycles. The van der Waals surface area contributed by atoms with Crippen LogP contribution in [0.5, 0.6) is 0 Å². The number of rotatable bonds is 2. The van der Waals surface area contributed by atoms with Crippen LogP contribution in [0.3, 0.4) is 0 Å². The molecule has 3 heteroatoms. The van der Waals surface area contributed by atoms with Crippen LogP contribution in [0, 0.1) is 0 Å². The van der Waals surface area contributed by atoms with Gasteiger partial charge in [-0.2, -0.15) is 0 Å². The normalized spacial score (nSPS) is 5.29. The zero-order chi connectivity index (χ0) is 4.12. The molecule has 0 heterocycles. The second kappa shape index (κ2) is 15.7. The molecule has 0 N–H and O–H groups in total. The predicted octanol–water partition coefficient (Wildman–Crippen LogP) is -1.90. The van der Waals surface area contributed by atoms with Crippen LogP contribution >= 0.6 is 0 Å². The maximum atomic E-state index is 9.40. The fourth-order valence-corrected chi connectivity index (χ4v) is 0.118. The Morgan fingerprint density at radius 3 is 2.14 bits per heavy atom. The van der Waals surface area contributed by atoms with Gasteiger partial charge in [-0.25, -0.2) is 0 Å². The van der Waals surface area contributed by atoms with Crippen molar-refractivity contribution >= 4 is 6.29 Å². The quantitative estimate of drug-likeness (QED) is 0.352. The maximum absolute atomic E-state index is 9.40. The first kappa shape index (κ1) is 15.7. The molecule has 0 saturated heterocycles. The summed E-state index contributed by atoms with van der Waals surface area (Å²) in [7, 11) is 0. The molecule has 0 fully saturated rings. The van der Waals surface area contributed by atoms with Gasteiger partial charge in [0.25, 0.3) is 0 Å². The van der Waals surface area contributed by atoms with Gasteiger partial charge in [-0.05, 0) is 6.42 Å². The van der Waals surface area contributed by atoms with Crippen molar-refractivity contribution in [2.24, 2.45) is 0 Å². The van der Waals surface area contributed by atoms with Crippen molar-refractivity contribution in [2.45, 2.75) is 19.8 Å². The summed E-state index contributed by atoms with van der Waals surface area (Å²) in [6.45, 7) is 1.98. The van der Waals surface area contributed by atoms with E-state index in [9.17, 15) is 4.79 Å². The van der Waals surface area contributed by atoms with E-state index in [0.717, 1.165) is 12.7 Å². The Labute approximate surface area is 73.4 Å². The molecule has 0 saturated carbocycles. The van der Waals surface area contributed by atoms with Crippen LogP contribution in [0.4, 0.5) is 0 Å². The van der Waals surface area contributed by atoms with Gasteiger partial charge >= 0.3 is 18.9 Å². The number of carbonyl (C=O) groups is 1. The van der Waals surface area contributed by atoms with Crippen molar-refractivity contribution in [2.75, 3.05) is 0 Å². The van der Waals surface area contributed by atoms with Crippen molar-refractivity contribution in [1.82, 2.24) is 0 Å². The molecule has 0 rings (SSSR count). The van der Waals surface area contributed by atoms with Crippen LogP contribution in [0.2, 0.25) is 0 Å². The molecule has 0 aromatic heterocycles. The number of hydrogen-bond donors (Lipinski definition) is 0. The third-order valence-corrected chi connectivity index (χ3v) is 0.407. The first-order valence-corrected chi connectivity index (χ1v) is 1.85. The second-order valence-corrected chi connectivity index (χ2v) is 0.955. The minimum absolute atomic E-state index is 0. The molecule has 0 aliphatic rings. The van der Waals surface area contributed by atoms with Crippen molar-refractivity contribution in [3.63, 3.8) is 0 Å². The van der Waals surface area contributed by atoms with Gasteiger partial charge in [-0.1, -0.05) is 6.92 Å². The van der Waals surface area contributed by atoms with Crippen LogP contribution in [0.1, 0.15) is 21.2 Å². The first-order chi connectivity index (χ1) is 2.41. The van der Waals surface area contributed by atoms with Crippen molar-refractivity contribution < 1.29 is 47.5 Å². The SMILES string of the molecule is CCCC=O.[H-].[Li+].[Nb]. The smallest absolute Gasteiger partial charge is 1.00 e. The second-order valence-electron chi connectivity index (χ2n) is 0.955. The Balaban J connectivity index is -0.0000000267. The van der Waals surface area contributed by atoms with Crippen molar-refractivity contribution in [3.8, 4) is 0 Å². The molecular formula is C4H9LiNbO. The van der Waals surface area contributed by atoms with E-state index in [1.165, 1.54) is 0 Å². The molecule has 0 aliphatic heterocycles. The zero-order valence-electron chi connectivity index (χ0n) is 5.85. The van der Waals surface area contributed by atoms with Gasteiger partial charge in [0.15, 0.2) is 0 Å². The van der Waals surface area contributed by atoms with Gasteiger partial charge in [0, 0.05) is 28.8 Å². The zero-order valence-corrected chi connectivity index (χ0v) is 7.05. The predicted molar refractivity (Wildman–Crippen MR) is 22.1 cm³/mol. The molecule has 1 nitrogen and oxygen atoms in total. The number of hydrogen-bond acceptors (Lipinski definition) is 1. The molecular weight excluding hydrogens is 164 g/mol. The Kier molecular flexibility index (Phi) is 35.3. The van der Waals surface area contributed by atoms with Gasteiger partial charge in [-0.15, -0.1) is 0 Å². The standard InChI is InChI=1S/C4H8O.Li.Nb.H/c1-2-3-4-5;;;/h4H,2-3H2,1H3;;;/q;+1;;-1. The van der Waals surface area contributed by atoms with E-state index in [-0.39, 0.29) is 42.7 Å². The summed E-state index contributed by atoms with van der Waals surface area (Å²) >= 11 is 0. The third-order valence-electron chi connectivity index (χ3n) is 0.407. The molecule has 0 bridgehead atoms. The van der Waals surface area contributed by atoms with E-state index < -0.39 is 0 Å². The Hall–Kier alpha value is 1.01. The summed E-state index contributed by atoms with van der Waals surface area (Å²) in [5.41, 5.74) is 0. The molecule has 0 aromatic rings. The van der Waals surface area contributed by atoms with Gasteiger partial charge < -0.3 is 6.22 Å². The fourth-order valence-electron chi connectivity index (χ4n) is 0.118. The van der Waals surface area contributed by atoms with Gasteiger partial charge in [0.05, 0.1) is 0 Å². The molecule has 0 amide bonds. The van der Waals surface area contributed by atoms with Crippen LogP contribution in [-0.2, 0) is 27.2 Å². The Morgan fingerprint density at radius 2 is 2.14 bits per heavy atom. The van der Waals surface area contributed by atoms with E-state index in [1.807, 2.05) is 6.92 Å². The third kappa shape index (κ3) is 19.4. The summed E-state index contributed by atoms with van der Waals surface area (Å²) in [6, 6.07) is 0. The van der Waals surface area contributed by atoms with E-state index in [2.05, 4.69) is 0 Å². The summed E-state index contributed by atoms with van der Waals surface area (Å²) in [5.74, 6) is 0. The molecule has 0 unspecified atom stereocenters. The van der Waals surface area contributed by atoms with Crippen molar-refractivity contribution in [3.05, 3.63) is 0 Å². The molecule has 0 spiro atoms. The van der Waals surface area contributed by atoms with E-state index >= 15 is 0 Å². The average molecular weight is 173 g/mol. The summed E-state index contributed by atoms with van der Waals surface area (Å²) in [5, 5.41) is 0. The number of carbonyl (C=O) groups excluding carboxylic acids is 1. The Bertz CT molecular complexity index is 37.2. The Morgan fingerprint density at radius 1 is 1.71 bits per heavy atom. The monoisotopic (exact) mass is 173 g/mol. The van der Waals surface area contributed by atoms with Crippen LogP contribution < -0.4 is 18.9 Å².